The summed E-state index contributed by atoms with van der Waals surface area (Å²) in [6.07, 6.45) is 22.6. The molecule has 0 amide bonds. The molecule has 0 fully saturated rings. The number of allylic oxidation sites excluding steroid dienone is 4. The molecule has 3 rings (SSSR count). The Hall–Kier alpha value is -0.420. The molecule has 0 aromatic heterocycles. The van der Waals surface area contributed by atoms with Gasteiger partial charge in [0.2, 0.25) is 0 Å². The molecule has 0 radical (unpaired) electrons. The van der Waals surface area contributed by atoms with E-state index in [0.29, 0.717) is 10.8 Å². The van der Waals surface area contributed by atoms with E-state index >= 15 is 0 Å². The summed E-state index contributed by atoms with van der Waals surface area (Å²) in [5, 5.41) is 0. The van der Waals surface area contributed by atoms with E-state index in [1.54, 1.807) is 0 Å². The van der Waals surface area contributed by atoms with E-state index in [-0.39, 0.29) is 34.0 Å². The SMILES string of the molecule is CC1(C[N+](C)(C)Cc2ccc(C[N+](C)(C)CC3(C)CC/C=C\CCC3)cc2)CC/C=C\CCC1.[Br-].[Br-]. The van der Waals surface area contributed by atoms with Crippen molar-refractivity contribution in [2.24, 2.45) is 10.8 Å². The van der Waals surface area contributed by atoms with Crippen molar-refractivity contribution < 1.29 is 42.9 Å². The molecule has 2 nitrogen and oxygen atoms in total. The summed E-state index contributed by atoms with van der Waals surface area (Å²) < 4.78 is 2.15. The van der Waals surface area contributed by atoms with Crippen molar-refractivity contribution in [1.29, 1.82) is 0 Å². The molecule has 0 bridgehead atoms. The van der Waals surface area contributed by atoms with Crippen LogP contribution in [-0.2, 0) is 13.1 Å². The fourth-order valence-corrected chi connectivity index (χ4v) is 7.11. The first-order valence-electron chi connectivity index (χ1n) is 14.0. The van der Waals surface area contributed by atoms with Gasteiger partial charge in [0, 0.05) is 22.0 Å². The summed E-state index contributed by atoms with van der Waals surface area (Å²) in [4.78, 5) is 0. The van der Waals surface area contributed by atoms with Gasteiger partial charge < -0.3 is 42.9 Å². The van der Waals surface area contributed by atoms with Crippen LogP contribution in [0.1, 0.15) is 89.2 Å². The smallest absolute Gasteiger partial charge is 0.104 e. The fraction of sp³-hybridized carbons (Fsp3) is 0.688. The van der Waals surface area contributed by atoms with E-state index in [4.69, 9.17) is 0 Å². The molecule has 0 saturated carbocycles. The van der Waals surface area contributed by atoms with Crippen molar-refractivity contribution in [3.05, 3.63) is 59.7 Å². The fourth-order valence-electron chi connectivity index (χ4n) is 7.11. The highest BCUT2D eigenvalue weighted by Gasteiger charge is 2.34. The van der Waals surface area contributed by atoms with Crippen LogP contribution >= 0.6 is 0 Å². The highest BCUT2D eigenvalue weighted by Crippen LogP contribution is 2.36. The second-order valence-electron chi connectivity index (χ2n) is 13.7. The summed E-state index contributed by atoms with van der Waals surface area (Å²) in [5.74, 6) is 0. The first kappa shape index (κ1) is 33.6. The highest BCUT2D eigenvalue weighted by molar-refractivity contribution is 5.21. The zero-order chi connectivity index (χ0) is 24.7. The molecule has 1 aromatic rings. The predicted molar refractivity (Wildman–Crippen MR) is 148 cm³/mol. The van der Waals surface area contributed by atoms with E-state index in [2.05, 4.69) is 90.6 Å². The van der Waals surface area contributed by atoms with Gasteiger partial charge >= 0.3 is 0 Å². The van der Waals surface area contributed by atoms with Gasteiger partial charge in [-0.15, -0.1) is 0 Å². The summed E-state index contributed by atoms with van der Waals surface area (Å²) in [5.41, 5.74) is 3.87. The molecule has 0 spiro atoms. The van der Waals surface area contributed by atoms with Crippen LogP contribution in [0.4, 0.5) is 0 Å². The topological polar surface area (TPSA) is 0 Å². The molecule has 2 unspecified atom stereocenters. The summed E-state index contributed by atoms with van der Waals surface area (Å²) in [6, 6.07) is 9.61. The van der Waals surface area contributed by atoms with Crippen LogP contribution in [-0.4, -0.2) is 50.2 Å². The minimum Gasteiger partial charge on any atom is -1.00 e. The molecule has 0 heterocycles. The Balaban J connectivity index is 0.00000324. The normalized spacial score (nSPS) is 27.3. The maximum Gasteiger partial charge on any atom is 0.104 e. The highest BCUT2D eigenvalue weighted by atomic mass is 79.9. The number of nitrogens with zero attached hydrogens (tertiary/aromatic N) is 2. The van der Waals surface area contributed by atoms with Gasteiger partial charge in [-0.05, 0) is 64.2 Å². The number of hydrogen-bond donors (Lipinski definition) is 0. The van der Waals surface area contributed by atoms with Gasteiger partial charge in [0.15, 0.2) is 0 Å². The summed E-state index contributed by atoms with van der Waals surface area (Å²) >= 11 is 0. The maximum atomic E-state index is 2.53. The first-order valence-corrected chi connectivity index (χ1v) is 14.0. The lowest BCUT2D eigenvalue weighted by Gasteiger charge is -2.40. The van der Waals surface area contributed by atoms with Crippen molar-refractivity contribution in [2.75, 3.05) is 41.3 Å². The molecule has 2 aliphatic carbocycles. The van der Waals surface area contributed by atoms with Crippen molar-refractivity contribution in [3.8, 4) is 0 Å². The standard InChI is InChI=1S/C32H54N2.2BrH/c1-31(21-13-9-7-10-14-22-31)27-33(3,4)25-29-17-19-30(20-18-29)26-34(5,6)28-32(2)23-15-11-8-12-16-24-32;;/h7-9,11,17-20H,10,12-16,21-28H2,1-6H3;2*1H/q+2;;/p-2/b9-7-,11-8-;;. The third-order valence-electron chi connectivity index (χ3n) is 8.33. The third kappa shape index (κ3) is 11.5. The van der Waals surface area contributed by atoms with Gasteiger partial charge in [0.05, 0.1) is 41.3 Å². The molecular weight excluding hydrogens is 572 g/mol. The molecular formula is C32H54Br2N2. The summed E-state index contributed by atoms with van der Waals surface area (Å²) in [7, 11) is 9.72. The van der Waals surface area contributed by atoms with Gasteiger partial charge in [0.25, 0.3) is 0 Å². The Morgan fingerprint density at radius 2 is 0.889 bits per heavy atom. The predicted octanol–water partition coefficient (Wildman–Crippen LogP) is 1.90. The van der Waals surface area contributed by atoms with Crippen molar-refractivity contribution in [1.82, 2.24) is 0 Å². The van der Waals surface area contributed by atoms with E-state index in [1.807, 2.05) is 0 Å². The van der Waals surface area contributed by atoms with Crippen LogP contribution in [0.2, 0.25) is 0 Å². The Morgan fingerprint density at radius 1 is 0.556 bits per heavy atom. The van der Waals surface area contributed by atoms with E-state index in [0.717, 1.165) is 22.1 Å². The van der Waals surface area contributed by atoms with Crippen LogP contribution < -0.4 is 34.0 Å². The van der Waals surface area contributed by atoms with Crippen LogP contribution in [0, 0.1) is 10.8 Å². The molecule has 0 N–H and O–H groups in total. The number of quaternary nitrogens is 2. The van der Waals surface area contributed by atoms with Crippen molar-refractivity contribution in [2.45, 2.75) is 91.1 Å². The van der Waals surface area contributed by atoms with E-state index in [9.17, 15) is 0 Å². The lowest BCUT2D eigenvalue weighted by molar-refractivity contribution is -0.910. The van der Waals surface area contributed by atoms with E-state index < -0.39 is 0 Å². The monoisotopic (exact) mass is 624 g/mol. The van der Waals surface area contributed by atoms with Crippen LogP contribution in [0.3, 0.4) is 0 Å². The first-order chi connectivity index (χ1) is 16.0. The lowest BCUT2D eigenvalue weighted by Crippen LogP contribution is -3.00. The van der Waals surface area contributed by atoms with E-state index in [1.165, 1.54) is 88.4 Å². The molecule has 206 valence electrons. The van der Waals surface area contributed by atoms with Gasteiger partial charge in [-0.3, -0.25) is 0 Å². The number of hydrogen-bond acceptors (Lipinski definition) is 0. The molecule has 2 aliphatic rings. The Labute approximate surface area is 244 Å². The quantitative estimate of drug-likeness (QED) is 0.306. The summed E-state index contributed by atoms with van der Waals surface area (Å²) in [6.45, 7) is 9.83. The average molecular weight is 627 g/mol. The van der Waals surface area contributed by atoms with Gasteiger partial charge in [-0.1, -0.05) is 62.4 Å². The third-order valence-corrected chi connectivity index (χ3v) is 8.33. The Morgan fingerprint density at radius 3 is 1.25 bits per heavy atom. The van der Waals surface area contributed by atoms with Gasteiger partial charge in [-0.25, -0.2) is 0 Å². The minimum absolute atomic E-state index is 0. The molecule has 0 saturated heterocycles. The van der Waals surface area contributed by atoms with Gasteiger partial charge in [0.1, 0.15) is 13.1 Å². The maximum absolute atomic E-state index is 2.53. The largest absolute Gasteiger partial charge is 1.00 e. The van der Waals surface area contributed by atoms with Crippen LogP contribution in [0.15, 0.2) is 48.6 Å². The second-order valence-corrected chi connectivity index (χ2v) is 13.7. The van der Waals surface area contributed by atoms with Crippen LogP contribution in [0.5, 0.6) is 0 Å². The lowest BCUT2D eigenvalue weighted by atomic mass is 9.78. The second kappa shape index (κ2) is 14.7. The Kier molecular flexibility index (Phi) is 13.7. The molecule has 0 aliphatic heterocycles. The zero-order valence-corrected chi connectivity index (χ0v) is 27.3. The number of halogens is 2. The molecule has 4 heteroatoms. The minimum atomic E-state index is 0. The zero-order valence-electron chi connectivity index (χ0n) is 24.2. The number of benzene rings is 1. The number of rotatable bonds is 8. The van der Waals surface area contributed by atoms with Crippen LogP contribution in [0.25, 0.3) is 0 Å². The molecule has 36 heavy (non-hydrogen) atoms. The Bertz CT molecular complexity index is 758. The van der Waals surface area contributed by atoms with Gasteiger partial charge in [-0.2, -0.15) is 0 Å². The molecule has 1 aromatic carbocycles. The molecule has 2 atom stereocenters. The average Bonchev–Trinajstić information content (AvgIpc) is 2.69. The van der Waals surface area contributed by atoms with Crippen molar-refractivity contribution >= 4 is 0 Å². The van der Waals surface area contributed by atoms with Crippen molar-refractivity contribution in [3.63, 3.8) is 0 Å².